The number of hydrogen-bond donors (Lipinski definition) is 2. The van der Waals surface area contributed by atoms with E-state index in [9.17, 15) is 14.4 Å². The van der Waals surface area contributed by atoms with E-state index < -0.39 is 6.04 Å². The summed E-state index contributed by atoms with van der Waals surface area (Å²) in [6.07, 6.45) is 5.45. The van der Waals surface area contributed by atoms with Crippen molar-refractivity contribution in [3.63, 3.8) is 0 Å². The molecule has 1 unspecified atom stereocenters. The first kappa shape index (κ1) is 18.8. The lowest BCUT2D eigenvalue weighted by atomic mass is 9.70. The SMILES string of the molecule is NCC12CCC(CC1)CN2Cc1cccc2c1C(=O)N(C1CCC(=O)NC1=O)C2. The van der Waals surface area contributed by atoms with Crippen molar-refractivity contribution in [2.75, 3.05) is 13.1 Å². The van der Waals surface area contributed by atoms with Crippen molar-refractivity contribution >= 4 is 17.7 Å². The summed E-state index contributed by atoms with van der Waals surface area (Å²) in [4.78, 5) is 41.2. The van der Waals surface area contributed by atoms with E-state index in [-0.39, 0.29) is 29.7 Å². The molecule has 2 bridgehead atoms. The Kier molecular flexibility index (Phi) is 4.47. The third-order valence-electron chi connectivity index (χ3n) is 7.57. The third kappa shape index (κ3) is 2.99. The highest BCUT2D eigenvalue weighted by Crippen LogP contribution is 2.43. The number of piperidine rings is 3. The summed E-state index contributed by atoms with van der Waals surface area (Å²) in [6.45, 7) is 2.86. The van der Waals surface area contributed by atoms with Crippen LogP contribution in [-0.4, -0.2) is 52.2 Å². The quantitative estimate of drug-likeness (QED) is 0.745. The smallest absolute Gasteiger partial charge is 0.255 e. The van der Waals surface area contributed by atoms with E-state index in [1.807, 2.05) is 18.2 Å². The maximum atomic E-state index is 13.3. The zero-order valence-electron chi connectivity index (χ0n) is 16.7. The van der Waals surface area contributed by atoms with Gasteiger partial charge in [-0.1, -0.05) is 18.2 Å². The number of benzene rings is 1. The minimum Gasteiger partial charge on any atom is -0.329 e. The molecule has 4 aliphatic heterocycles. The second-order valence-electron chi connectivity index (χ2n) is 9.10. The molecule has 1 atom stereocenters. The van der Waals surface area contributed by atoms with Crippen molar-refractivity contribution in [1.82, 2.24) is 15.1 Å². The van der Waals surface area contributed by atoms with Crippen molar-refractivity contribution in [1.29, 1.82) is 0 Å². The first-order valence-corrected chi connectivity index (χ1v) is 10.7. The Balaban J connectivity index is 1.41. The van der Waals surface area contributed by atoms with Gasteiger partial charge in [-0.15, -0.1) is 0 Å². The van der Waals surface area contributed by atoms with Crippen LogP contribution in [0, 0.1) is 5.92 Å². The molecule has 0 radical (unpaired) electrons. The standard InChI is InChI=1S/C22H28N4O3/c23-13-22-8-6-14(7-9-22)10-25(22)11-15-2-1-3-16-12-26(21(29)19(15)16)17-4-5-18(27)24-20(17)28/h1-3,14,17H,4-13,23H2,(H,24,27,28). The molecule has 0 spiro atoms. The molecular formula is C22H28N4O3. The van der Waals surface area contributed by atoms with Crippen LogP contribution in [0.5, 0.6) is 0 Å². The van der Waals surface area contributed by atoms with Gasteiger partial charge in [-0.05, 0) is 49.1 Å². The molecule has 1 aromatic rings. The van der Waals surface area contributed by atoms with Gasteiger partial charge in [0.25, 0.3) is 5.91 Å². The third-order valence-corrected chi connectivity index (χ3v) is 7.57. The summed E-state index contributed by atoms with van der Waals surface area (Å²) in [5.41, 5.74) is 9.02. The Labute approximate surface area is 170 Å². The van der Waals surface area contributed by atoms with Crippen molar-refractivity contribution in [2.24, 2.45) is 11.7 Å². The summed E-state index contributed by atoms with van der Waals surface area (Å²) in [5, 5.41) is 2.37. The number of amides is 3. The Morgan fingerprint density at radius 2 is 1.93 bits per heavy atom. The van der Waals surface area contributed by atoms with Gasteiger partial charge in [0, 0.05) is 43.7 Å². The minimum absolute atomic E-state index is 0.0580. The van der Waals surface area contributed by atoms with Gasteiger partial charge < -0.3 is 10.6 Å². The highest BCUT2D eigenvalue weighted by molar-refractivity contribution is 6.06. The van der Waals surface area contributed by atoms with Crippen molar-refractivity contribution < 1.29 is 14.4 Å². The Morgan fingerprint density at radius 1 is 1.14 bits per heavy atom. The molecule has 0 aromatic heterocycles. The summed E-state index contributed by atoms with van der Waals surface area (Å²) in [6, 6.07) is 5.45. The predicted molar refractivity (Wildman–Crippen MR) is 107 cm³/mol. The Morgan fingerprint density at radius 3 is 2.66 bits per heavy atom. The molecule has 154 valence electrons. The van der Waals surface area contributed by atoms with Crippen LogP contribution in [0.15, 0.2) is 18.2 Å². The summed E-state index contributed by atoms with van der Waals surface area (Å²) in [5.74, 6) is 0.0210. The molecule has 1 aromatic carbocycles. The molecule has 7 nitrogen and oxygen atoms in total. The average molecular weight is 396 g/mol. The number of fused-ring (bicyclic) bond motifs is 4. The number of imide groups is 1. The lowest BCUT2D eigenvalue weighted by Crippen LogP contribution is -2.61. The molecule has 5 aliphatic rings. The van der Waals surface area contributed by atoms with Gasteiger partial charge in [0.05, 0.1) is 0 Å². The van der Waals surface area contributed by atoms with E-state index in [0.717, 1.165) is 48.5 Å². The fourth-order valence-electron chi connectivity index (χ4n) is 5.81. The van der Waals surface area contributed by atoms with Crippen LogP contribution < -0.4 is 11.1 Å². The minimum atomic E-state index is -0.568. The van der Waals surface area contributed by atoms with E-state index in [1.165, 1.54) is 12.8 Å². The zero-order valence-corrected chi connectivity index (χ0v) is 16.7. The molecule has 3 saturated heterocycles. The second-order valence-corrected chi connectivity index (χ2v) is 9.10. The molecule has 3 amide bonds. The Bertz CT molecular complexity index is 875. The van der Waals surface area contributed by atoms with Crippen LogP contribution >= 0.6 is 0 Å². The highest BCUT2D eigenvalue weighted by atomic mass is 16.2. The van der Waals surface area contributed by atoms with Gasteiger partial charge >= 0.3 is 0 Å². The lowest BCUT2D eigenvalue weighted by molar-refractivity contribution is -0.136. The van der Waals surface area contributed by atoms with Crippen molar-refractivity contribution in [3.8, 4) is 0 Å². The van der Waals surface area contributed by atoms with Gasteiger partial charge in [0.1, 0.15) is 6.04 Å². The van der Waals surface area contributed by atoms with Crippen LogP contribution in [0.25, 0.3) is 0 Å². The maximum absolute atomic E-state index is 13.3. The largest absolute Gasteiger partial charge is 0.329 e. The average Bonchev–Trinajstić information content (AvgIpc) is 3.06. The van der Waals surface area contributed by atoms with Gasteiger partial charge in [0.15, 0.2) is 0 Å². The van der Waals surface area contributed by atoms with E-state index in [4.69, 9.17) is 5.73 Å². The molecule has 7 heteroatoms. The molecule has 4 fully saturated rings. The fraction of sp³-hybridized carbons (Fsp3) is 0.591. The van der Waals surface area contributed by atoms with Crippen molar-refractivity contribution in [3.05, 3.63) is 34.9 Å². The first-order valence-electron chi connectivity index (χ1n) is 10.7. The molecular weight excluding hydrogens is 368 g/mol. The predicted octanol–water partition coefficient (Wildman–Crippen LogP) is 1.15. The number of rotatable bonds is 4. The topological polar surface area (TPSA) is 95.7 Å². The van der Waals surface area contributed by atoms with E-state index in [2.05, 4.69) is 10.2 Å². The molecule has 29 heavy (non-hydrogen) atoms. The number of nitrogens with zero attached hydrogens (tertiary/aromatic N) is 2. The number of nitrogens with one attached hydrogen (secondary N) is 1. The molecule has 1 aliphatic carbocycles. The number of hydrogen-bond acceptors (Lipinski definition) is 5. The van der Waals surface area contributed by atoms with Crippen LogP contribution in [0.1, 0.15) is 60.0 Å². The van der Waals surface area contributed by atoms with Crippen molar-refractivity contribution in [2.45, 2.75) is 63.2 Å². The van der Waals surface area contributed by atoms with Crippen LogP contribution in [-0.2, 0) is 22.7 Å². The number of nitrogens with two attached hydrogens (primary N) is 1. The monoisotopic (exact) mass is 396 g/mol. The Hall–Kier alpha value is -2.25. The molecule has 3 N–H and O–H groups in total. The highest BCUT2D eigenvalue weighted by Gasteiger charge is 2.46. The van der Waals surface area contributed by atoms with Gasteiger partial charge in [-0.3, -0.25) is 24.6 Å². The number of carbonyl (C=O) groups is 3. The first-order chi connectivity index (χ1) is 14.0. The van der Waals surface area contributed by atoms with Crippen LogP contribution in [0.3, 0.4) is 0 Å². The zero-order chi connectivity index (χ0) is 20.2. The lowest BCUT2D eigenvalue weighted by Gasteiger charge is -2.54. The molecule has 1 saturated carbocycles. The van der Waals surface area contributed by atoms with Gasteiger partial charge in [-0.25, -0.2) is 0 Å². The van der Waals surface area contributed by atoms with E-state index in [0.29, 0.717) is 19.5 Å². The molecule has 4 heterocycles. The van der Waals surface area contributed by atoms with Crippen LogP contribution in [0.4, 0.5) is 0 Å². The van der Waals surface area contributed by atoms with Crippen LogP contribution in [0.2, 0.25) is 0 Å². The van der Waals surface area contributed by atoms with Gasteiger partial charge in [0.2, 0.25) is 11.8 Å². The summed E-state index contributed by atoms with van der Waals surface area (Å²) < 4.78 is 0. The van der Waals surface area contributed by atoms with E-state index >= 15 is 0 Å². The maximum Gasteiger partial charge on any atom is 0.255 e. The number of carbonyl (C=O) groups excluding carboxylic acids is 3. The summed E-state index contributed by atoms with van der Waals surface area (Å²) >= 11 is 0. The fourth-order valence-corrected chi connectivity index (χ4v) is 5.81. The molecule has 6 rings (SSSR count). The van der Waals surface area contributed by atoms with E-state index in [1.54, 1.807) is 4.90 Å². The summed E-state index contributed by atoms with van der Waals surface area (Å²) in [7, 11) is 0. The van der Waals surface area contributed by atoms with Gasteiger partial charge in [-0.2, -0.15) is 0 Å². The normalized spacial score (nSPS) is 31.9. The second kappa shape index (κ2) is 6.92.